The summed E-state index contributed by atoms with van der Waals surface area (Å²) in [6, 6.07) is 7.63. The first kappa shape index (κ1) is 13.1. The van der Waals surface area contributed by atoms with Crippen LogP contribution in [-0.4, -0.2) is 23.0 Å². The van der Waals surface area contributed by atoms with Crippen LogP contribution in [0.4, 0.5) is 5.69 Å². The number of aromatic nitrogens is 1. The van der Waals surface area contributed by atoms with Gasteiger partial charge in [0.1, 0.15) is 5.69 Å². The topological polar surface area (TPSA) is 71.6 Å². The first-order valence-corrected chi connectivity index (χ1v) is 7.02. The van der Waals surface area contributed by atoms with Gasteiger partial charge < -0.3 is 5.73 Å². The first-order valence-electron chi connectivity index (χ1n) is 7.02. The molecule has 1 aliphatic heterocycles. The number of hydrogen-bond donors (Lipinski definition) is 1. The van der Waals surface area contributed by atoms with Gasteiger partial charge in [-0.05, 0) is 37.2 Å². The predicted octanol–water partition coefficient (Wildman–Crippen LogP) is 3.08. The largest absolute Gasteiger partial charge is 0.312 e. The lowest BCUT2D eigenvalue weighted by Crippen LogP contribution is -2.38. The van der Waals surface area contributed by atoms with Gasteiger partial charge in [0.2, 0.25) is 0 Å². The zero-order valence-electron chi connectivity index (χ0n) is 11.3. The van der Waals surface area contributed by atoms with E-state index in [9.17, 15) is 4.91 Å². The number of pyridine rings is 1. The van der Waals surface area contributed by atoms with E-state index >= 15 is 0 Å². The third-order valence-corrected chi connectivity index (χ3v) is 3.97. The number of nitroso groups, excluding NO2 is 1. The predicted molar refractivity (Wildman–Crippen MR) is 79.6 cm³/mol. The van der Waals surface area contributed by atoms with E-state index in [-0.39, 0.29) is 6.17 Å². The van der Waals surface area contributed by atoms with Crippen molar-refractivity contribution >= 4 is 16.6 Å². The number of fused-ring (bicyclic) bond motifs is 1. The molecule has 5 heteroatoms. The van der Waals surface area contributed by atoms with E-state index in [4.69, 9.17) is 5.73 Å². The summed E-state index contributed by atoms with van der Waals surface area (Å²) >= 11 is 0. The molecule has 1 unspecified atom stereocenters. The average molecular weight is 270 g/mol. The highest BCUT2D eigenvalue weighted by Crippen LogP contribution is 2.33. The summed E-state index contributed by atoms with van der Waals surface area (Å²) < 4.78 is 0. The Labute approximate surface area is 117 Å². The van der Waals surface area contributed by atoms with Gasteiger partial charge in [0.15, 0.2) is 0 Å². The van der Waals surface area contributed by atoms with Crippen molar-refractivity contribution in [1.29, 1.82) is 0 Å². The summed E-state index contributed by atoms with van der Waals surface area (Å²) in [4.78, 5) is 17.7. The maximum atomic E-state index is 11.3. The standard InChI is InChI=1S/C15H18N4O/c16-15(19-9-2-1-3-10-19)12-7-6-11-5-4-8-17-13(11)14(12)18-20/h4-8,15H,1-3,9-10,16H2. The molecule has 20 heavy (non-hydrogen) atoms. The highest BCUT2D eigenvalue weighted by molar-refractivity contribution is 5.90. The molecule has 0 amide bonds. The molecule has 1 aromatic heterocycles. The lowest BCUT2D eigenvalue weighted by molar-refractivity contribution is 0.167. The molecule has 1 saturated heterocycles. The monoisotopic (exact) mass is 270 g/mol. The molecule has 1 aliphatic rings. The van der Waals surface area contributed by atoms with Crippen LogP contribution in [0.15, 0.2) is 35.6 Å². The number of piperidine rings is 1. The normalized spacial score (nSPS) is 18.1. The molecule has 5 nitrogen and oxygen atoms in total. The Kier molecular flexibility index (Phi) is 3.71. The minimum absolute atomic E-state index is 0.283. The molecule has 3 rings (SSSR count). The van der Waals surface area contributed by atoms with Gasteiger partial charge in [-0.1, -0.05) is 24.6 Å². The van der Waals surface area contributed by atoms with E-state index in [0.29, 0.717) is 11.2 Å². The maximum absolute atomic E-state index is 11.3. The van der Waals surface area contributed by atoms with Gasteiger partial charge in [-0.2, -0.15) is 0 Å². The number of nitrogens with zero attached hydrogens (tertiary/aromatic N) is 3. The van der Waals surface area contributed by atoms with Gasteiger partial charge in [-0.3, -0.25) is 9.88 Å². The van der Waals surface area contributed by atoms with Crippen LogP contribution in [0, 0.1) is 4.91 Å². The average Bonchev–Trinajstić information content (AvgIpc) is 2.54. The highest BCUT2D eigenvalue weighted by atomic mass is 16.3. The zero-order valence-corrected chi connectivity index (χ0v) is 11.3. The van der Waals surface area contributed by atoms with Gasteiger partial charge in [-0.15, -0.1) is 4.91 Å². The van der Waals surface area contributed by atoms with E-state index in [0.717, 1.165) is 36.9 Å². The van der Waals surface area contributed by atoms with Crippen LogP contribution in [0.5, 0.6) is 0 Å². The number of nitrogens with two attached hydrogens (primary N) is 1. The Hall–Kier alpha value is -1.85. The van der Waals surface area contributed by atoms with Crippen molar-refractivity contribution in [2.45, 2.75) is 25.4 Å². The number of rotatable bonds is 3. The highest BCUT2D eigenvalue weighted by Gasteiger charge is 2.22. The molecule has 2 aromatic rings. The van der Waals surface area contributed by atoms with Crippen molar-refractivity contribution in [2.75, 3.05) is 13.1 Å². The summed E-state index contributed by atoms with van der Waals surface area (Å²) in [7, 11) is 0. The molecular formula is C15H18N4O. The third kappa shape index (κ3) is 2.30. The Morgan fingerprint density at radius 3 is 2.75 bits per heavy atom. The molecule has 1 atom stereocenters. The van der Waals surface area contributed by atoms with E-state index in [2.05, 4.69) is 15.1 Å². The summed E-state index contributed by atoms with van der Waals surface area (Å²) in [5, 5.41) is 4.11. The second-order valence-corrected chi connectivity index (χ2v) is 5.21. The molecule has 0 radical (unpaired) electrons. The van der Waals surface area contributed by atoms with Crippen LogP contribution < -0.4 is 5.73 Å². The first-order chi connectivity index (χ1) is 9.81. The Morgan fingerprint density at radius 2 is 2.00 bits per heavy atom. The van der Waals surface area contributed by atoms with Crippen LogP contribution in [0.2, 0.25) is 0 Å². The fourth-order valence-corrected chi connectivity index (χ4v) is 2.87. The Morgan fingerprint density at radius 1 is 1.20 bits per heavy atom. The lowest BCUT2D eigenvalue weighted by Gasteiger charge is -2.32. The smallest absolute Gasteiger partial charge is 0.140 e. The van der Waals surface area contributed by atoms with Crippen LogP contribution >= 0.6 is 0 Å². The van der Waals surface area contributed by atoms with Crippen molar-refractivity contribution in [3.63, 3.8) is 0 Å². The third-order valence-electron chi connectivity index (χ3n) is 3.97. The quantitative estimate of drug-likeness (QED) is 0.870. The summed E-state index contributed by atoms with van der Waals surface area (Å²) in [6.07, 6.45) is 4.95. The van der Waals surface area contributed by atoms with Crippen molar-refractivity contribution < 1.29 is 0 Å². The molecule has 1 fully saturated rings. The van der Waals surface area contributed by atoms with Crippen molar-refractivity contribution in [1.82, 2.24) is 9.88 Å². The molecular weight excluding hydrogens is 252 g/mol. The molecule has 2 heterocycles. The molecule has 104 valence electrons. The molecule has 1 aromatic carbocycles. The number of benzene rings is 1. The van der Waals surface area contributed by atoms with E-state index in [1.807, 2.05) is 24.3 Å². The fourth-order valence-electron chi connectivity index (χ4n) is 2.87. The van der Waals surface area contributed by atoms with Gasteiger partial charge >= 0.3 is 0 Å². The molecule has 0 aliphatic carbocycles. The van der Waals surface area contributed by atoms with Crippen molar-refractivity contribution in [3.05, 3.63) is 40.9 Å². The minimum atomic E-state index is -0.283. The second kappa shape index (κ2) is 5.64. The van der Waals surface area contributed by atoms with Crippen LogP contribution in [0.3, 0.4) is 0 Å². The minimum Gasteiger partial charge on any atom is -0.312 e. The number of hydrogen-bond acceptors (Lipinski definition) is 5. The molecule has 0 spiro atoms. The summed E-state index contributed by atoms with van der Waals surface area (Å²) in [5.41, 5.74) is 8.12. The lowest BCUT2D eigenvalue weighted by atomic mass is 10.0. The molecule has 0 bridgehead atoms. The van der Waals surface area contributed by atoms with Crippen LogP contribution in [0.1, 0.15) is 31.0 Å². The van der Waals surface area contributed by atoms with Crippen molar-refractivity contribution in [3.8, 4) is 0 Å². The Balaban J connectivity index is 2.03. The van der Waals surface area contributed by atoms with Gasteiger partial charge in [0.25, 0.3) is 0 Å². The molecule has 0 saturated carbocycles. The number of likely N-dealkylation sites (tertiary alicyclic amines) is 1. The zero-order chi connectivity index (χ0) is 13.9. The van der Waals surface area contributed by atoms with Gasteiger partial charge in [0, 0.05) is 17.1 Å². The van der Waals surface area contributed by atoms with Crippen molar-refractivity contribution in [2.24, 2.45) is 10.9 Å². The SMILES string of the molecule is NC(c1ccc2cccnc2c1N=O)N1CCCCC1. The Bertz CT molecular complexity index is 622. The summed E-state index contributed by atoms with van der Waals surface area (Å²) in [5.74, 6) is 0. The van der Waals surface area contributed by atoms with E-state index in [1.165, 1.54) is 6.42 Å². The second-order valence-electron chi connectivity index (χ2n) is 5.21. The maximum Gasteiger partial charge on any atom is 0.140 e. The van der Waals surface area contributed by atoms with Crippen LogP contribution in [-0.2, 0) is 0 Å². The van der Waals surface area contributed by atoms with Crippen LogP contribution in [0.25, 0.3) is 10.9 Å². The molecule has 2 N–H and O–H groups in total. The van der Waals surface area contributed by atoms with Gasteiger partial charge in [-0.25, -0.2) is 0 Å². The van der Waals surface area contributed by atoms with E-state index < -0.39 is 0 Å². The van der Waals surface area contributed by atoms with Gasteiger partial charge in [0.05, 0.1) is 11.7 Å². The fraction of sp³-hybridized carbons (Fsp3) is 0.400. The summed E-state index contributed by atoms with van der Waals surface area (Å²) in [6.45, 7) is 1.94. The van der Waals surface area contributed by atoms with E-state index in [1.54, 1.807) is 6.20 Å².